The van der Waals surface area contributed by atoms with Crippen LogP contribution in [0, 0.1) is 5.92 Å². The molecule has 1 fully saturated rings. The molecule has 0 radical (unpaired) electrons. The number of allylic oxidation sites excluding steroid dienone is 1. The third-order valence-corrected chi connectivity index (χ3v) is 2.93. The van der Waals surface area contributed by atoms with Crippen molar-refractivity contribution in [2.45, 2.75) is 25.4 Å². The molecule has 0 amide bonds. The summed E-state index contributed by atoms with van der Waals surface area (Å²) in [6, 6.07) is 0. The maximum Gasteiger partial charge on any atom is 0.160 e. The van der Waals surface area contributed by atoms with Crippen LogP contribution < -0.4 is 0 Å². The van der Waals surface area contributed by atoms with Gasteiger partial charge in [-0.25, -0.2) is 0 Å². The van der Waals surface area contributed by atoms with Gasteiger partial charge in [-0.1, -0.05) is 0 Å². The highest BCUT2D eigenvalue weighted by Crippen LogP contribution is 2.53. The van der Waals surface area contributed by atoms with Crippen LogP contribution in [0.4, 0.5) is 0 Å². The summed E-state index contributed by atoms with van der Waals surface area (Å²) in [7, 11) is 1.72. The zero-order valence-corrected chi connectivity index (χ0v) is 7.17. The first kappa shape index (κ1) is 6.58. The van der Waals surface area contributed by atoms with Crippen LogP contribution in [0.1, 0.15) is 19.3 Å². The van der Waals surface area contributed by atoms with Gasteiger partial charge in [-0.2, -0.15) is 0 Å². The Morgan fingerprint density at radius 1 is 1.58 bits per heavy atom. The Morgan fingerprint density at radius 3 is 3.33 bits per heavy atom. The molecule has 12 heavy (non-hydrogen) atoms. The van der Waals surface area contributed by atoms with Crippen LogP contribution in [-0.4, -0.2) is 13.2 Å². The highest BCUT2D eigenvalue weighted by atomic mass is 16.5. The molecule has 1 aliphatic heterocycles. The predicted octanol–water partition coefficient (Wildman–Crippen LogP) is 1.98. The SMILES string of the molecule is COC1=CCCC2=C1OC1CC21. The molecule has 3 rings (SSSR count). The maximum absolute atomic E-state index is 5.73. The van der Waals surface area contributed by atoms with E-state index in [2.05, 4.69) is 6.08 Å². The van der Waals surface area contributed by atoms with Crippen molar-refractivity contribution in [2.24, 2.45) is 5.92 Å². The summed E-state index contributed by atoms with van der Waals surface area (Å²) < 4.78 is 11.0. The van der Waals surface area contributed by atoms with Crippen LogP contribution in [0.2, 0.25) is 0 Å². The van der Waals surface area contributed by atoms with Gasteiger partial charge in [0, 0.05) is 5.92 Å². The first-order chi connectivity index (χ1) is 5.90. The summed E-state index contributed by atoms with van der Waals surface area (Å²) in [5.74, 6) is 2.77. The van der Waals surface area contributed by atoms with Gasteiger partial charge < -0.3 is 9.47 Å². The van der Waals surface area contributed by atoms with Crippen LogP contribution in [0.15, 0.2) is 23.2 Å². The average Bonchev–Trinajstić information content (AvgIpc) is 2.78. The van der Waals surface area contributed by atoms with Crippen LogP contribution in [0.25, 0.3) is 0 Å². The zero-order chi connectivity index (χ0) is 8.13. The van der Waals surface area contributed by atoms with Gasteiger partial charge in [-0.3, -0.25) is 0 Å². The van der Waals surface area contributed by atoms with Gasteiger partial charge in [0.2, 0.25) is 0 Å². The molecule has 1 heterocycles. The fourth-order valence-electron chi connectivity index (χ4n) is 2.21. The van der Waals surface area contributed by atoms with Crippen LogP contribution in [0.5, 0.6) is 0 Å². The molecule has 3 aliphatic rings. The van der Waals surface area contributed by atoms with Gasteiger partial charge >= 0.3 is 0 Å². The Kier molecular flexibility index (Phi) is 1.13. The predicted molar refractivity (Wildman–Crippen MR) is 44.3 cm³/mol. The molecular weight excluding hydrogens is 152 g/mol. The second-order valence-electron chi connectivity index (χ2n) is 3.66. The van der Waals surface area contributed by atoms with E-state index in [4.69, 9.17) is 9.47 Å². The normalized spacial score (nSPS) is 36.6. The van der Waals surface area contributed by atoms with Gasteiger partial charge in [0.05, 0.1) is 7.11 Å². The van der Waals surface area contributed by atoms with E-state index >= 15 is 0 Å². The van der Waals surface area contributed by atoms with Gasteiger partial charge in [-0.15, -0.1) is 0 Å². The lowest BCUT2D eigenvalue weighted by Crippen LogP contribution is -2.02. The highest BCUT2D eigenvalue weighted by molar-refractivity contribution is 5.39. The number of fused-ring (bicyclic) bond motifs is 2. The van der Waals surface area contributed by atoms with Gasteiger partial charge in [0.15, 0.2) is 11.5 Å². The van der Waals surface area contributed by atoms with E-state index < -0.39 is 0 Å². The van der Waals surface area contributed by atoms with Crippen molar-refractivity contribution in [3.8, 4) is 0 Å². The second kappa shape index (κ2) is 2.06. The Labute approximate surface area is 71.9 Å². The quantitative estimate of drug-likeness (QED) is 0.590. The van der Waals surface area contributed by atoms with E-state index in [1.165, 1.54) is 18.4 Å². The Morgan fingerprint density at radius 2 is 2.50 bits per heavy atom. The first-order valence-electron chi connectivity index (χ1n) is 4.54. The minimum absolute atomic E-state index is 0.506. The number of hydrogen-bond donors (Lipinski definition) is 0. The molecule has 2 atom stereocenters. The standard InChI is InChI=1S/C10H12O2/c1-11-8-4-2-3-6-7-5-9(7)12-10(6)8/h4,7,9H,2-3,5H2,1H3. The van der Waals surface area contributed by atoms with Crippen molar-refractivity contribution in [3.05, 3.63) is 23.2 Å². The van der Waals surface area contributed by atoms with Crippen molar-refractivity contribution in [2.75, 3.05) is 7.11 Å². The molecular formula is C10H12O2. The molecule has 1 saturated carbocycles. The fraction of sp³-hybridized carbons (Fsp3) is 0.600. The van der Waals surface area contributed by atoms with Crippen molar-refractivity contribution < 1.29 is 9.47 Å². The highest BCUT2D eigenvalue weighted by Gasteiger charge is 2.50. The van der Waals surface area contributed by atoms with E-state index in [1.807, 2.05) is 0 Å². The molecule has 0 saturated heterocycles. The Balaban J connectivity index is 1.98. The fourth-order valence-corrected chi connectivity index (χ4v) is 2.21. The molecule has 64 valence electrons. The van der Waals surface area contributed by atoms with Crippen molar-refractivity contribution >= 4 is 0 Å². The molecule has 2 unspecified atom stereocenters. The van der Waals surface area contributed by atoms with Crippen molar-refractivity contribution in [3.63, 3.8) is 0 Å². The largest absolute Gasteiger partial charge is 0.493 e. The summed E-state index contributed by atoms with van der Waals surface area (Å²) in [5, 5.41) is 0. The van der Waals surface area contributed by atoms with E-state index in [-0.39, 0.29) is 0 Å². The van der Waals surface area contributed by atoms with Crippen LogP contribution >= 0.6 is 0 Å². The number of methoxy groups -OCH3 is 1. The molecule has 0 aromatic rings. The summed E-state index contributed by atoms with van der Waals surface area (Å²) in [6.45, 7) is 0. The molecule has 0 spiro atoms. The summed E-state index contributed by atoms with van der Waals surface area (Å²) in [6.07, 6.45) is 6.18. The average molecular weight is 164 g/mol. The van der Waals surface area contributed by atoms with E-state index in [9.17, 15) is 0 Å². The van der Waals surface area contributed by atoms with E-state index in [0.29, 0.717) is 6.10 Å². The molecule has 2 heteroatoms. The van der Waals surface area contributed by atoms with Crippen molar-refractivity contribution in [1.29, 1.82) is 0 Å². The minimum atomic E-state index is 0.506. The van der Waals surface area contributed by atoms with E-state index in [1.54, 1.807) is 7.11 Å². The topological polar surface area (TPSA) is 18.5 Å². The molecule has 2 nitrogen and oxygen atoms in total. The van der Waals surface area contributed by atoms with Crippen molar-refractivity contribution in [1.82, 2.24) is 0 Å². The lowest BCUT2D eigenvalue weighted by molar-refractivity contribution is 0.172. The zero-order valence-electron chi connectivity index (χ0n) is 7.17. The third kappa shape index (κ3) is 0.701. The summed E-state index contributed by atoms with van der Waals surface area (Å²) >= 11 is 0. The third-order valence-electron chi connectivity index (χ3n) is 2.93. The molecule has 0 N–H and O–H groups in total. The van der Waals surface area contributed by atoms with E-state index in [0.717, 1.165) is 23.9 Å². The molecule has 0 aromatic carbocycles. The summed E-state index contributed by atoms with van der Waals surface area (Å²) in [4.78, 5) is 0. The van der Waals surface area contributed by atoms with Gasteiger partial charge in [-0.05, 0) is 30.9 Å². The summed E-state index contributed by atoms with van der Waals surface area (Å²) in [5.41, 5.74) is 1.51. The van der Waals surface area contributed by atoms with Crippen LogP contribution in [0.3, 0.4) is 0 Å². The second-order valence-corrected chi connectivity index (χ2v) is 3.66. The number of ether oxygens (including phenoxy) is 2. The Bertz CT molecular complexity index is 288. The first-order valence-corrected chi connectivity index (χ1v) is 4.54. The molecule has 0 bridgehead atoms. The Hall–Kier alpha value is -0.920. The smallest absolute Gasteiger partial charge is 0.160 e. The number of hydrogen-bond acceptors (Lipinski definition) is 2. The van der Waals surface area contributed by atoms with Crippen LogP contribution in [-0.2, 0) is 9.47 Å². The monoisotopic (exact) mass is 164 g/mol. The van der Waals surface area contributed by atoms with Gasteiger partial charge in [0.25, 0.3) is 0 Å². The molecule has 2 aliphatic carbocycles. The molecule has 0 aromatic heterocycles. The lowest BCUT2D eigenvalue weighted by atomic mass is 9.99. The van der Waals surface area contributed by atoms with Gasteiger partial charge in [0.1, 0.15) is 6.10 Å². The number of rotatable bonds is 1. The maximum atomic E-state index is 5.73. The minimum Gasteiger partial charge on any atom is -0.493 e. The lowest BCUT2D eigenvalue weighted by Gasteiger charge is -2.16.